The highest BCUT2D eigenvalue weighted by Crippen LogP contribution is 2.26. The van der Waals surface area contributed by atoms with Crippen molar-refractivity contribution >= 4 is 11.4 Å². The highest BCUT2D eigenvalue weighted by molar-refractivity contribution is 5.44. The Morgan fingerprint density at radius 2 is 0.657 bits per heavy atom. The molecule has 6 heteroatoms. The summed E-state index contributed by atoms with van der Waals surface area (Å²) < 4.78 is 23.2. The van der Waals surface area contributed by atoms with Gasteiger partial charge in [0.15, 0.2) is 0 Å². The molecule has 0 aliphatic carbocycles. The van der Waals surface area contributed by atoms with Crippen LogP contribution in [0.2, 0.25) is 0 Å². The molecular weight excluding hydrogens is 440 g/mol. The highest BCUT2D eigenvalue weighted by atomic mass is 16.5. The third kappa shape index (κ3) is 7.89. The van der Waals surface area contributed by atoms with E-state index >= 15 is 0 Å². The van der Waals surface area contributed by atoms with Crippen LogP contribution in [0.4, 0.5) is 11.4 Å². The molecule has 4 aromatic rings. The summed E-state index contributed by atoms with van der Waals surface area (Å²) in [5, 5.41) is 0. The summed E-state index contributed by atoms with van der Waals surface area (Å²) in [6, 6.07) is 29.9. The highest BCUT2D eigenvalue weighted by Gasteiger charge is 2.01. The average molecular weight is 471 g/mol. The summed E-state index contributed by atoms with van der Waals surface area (Å²) in [5.74, 6) is 4.66. The molecule has 0 aliphatic heterocycles. The van der Waals surface area contributed by atoms with E-state index in [9.17, 15) is 0 Å². The molecule has 6 nitrogen and oxygen atoms in total. The van der Waals surface area contributed by atoms with E-state index in [4.69, 9.17) is 30.4 Å². The van der Waals surface area contributed by atoms with Gasteiger partial charge in [0.05, 0.1) is 13.2 Å². The molecule has 0 aliphatic rings. The molecule has 0 aromatic heterocycles. The Kier molecular flexibility index (Phi) is 8.32. The van der Waals surface area contributed by atoms with Crippen LogP contribution in [0.15, 0.2) is 97.1 Å². The van der Waals surface area contributed by atoms with Crippen LogP contribution < -0.4 is 30.4 Å². The van der Waals surface area contributed by atoms with E-state index in [1.807, 2.05) is 97.1 Å². The summed E-state index contributed by atoms with van der Waals surface area (Å²) in [5.41, 5.74) is 12.8. The topological polar surface area (TPSA) is 89.0 Å². The van der Waals surface area contributed by atoms with E-state index < -0.39 is 0 Å². The van der Waals surface area contributed by atoms with E-state index in [0.717, 1.165) is 53.8 Å². The lowest BCUT2D eigenvalue weighted by Gasteiger charge is -2.10. The maximum Gasteiger partial charge on any atom is 0.127 e. The van der Waals surface area contributed by atoms with Gasteiger partial charge in [-0.15, -0.1) is 0 Å². The fourth-order valence-electron chi connectivity index (χ4n) is 3.31. The predicted molar refractivity (Wildman–Crippen MR) is 140 cm³/mol. The minimum atomic E-state index is 0.662. The summed E-state index contributed by atoms with van der Waals surface area (Å²) in [7, 11) is 0. The lowest BCUT2D eigenvalue weighted by molar-refractivity contribution is 0.279. The Morgan fingerprint density at radius 1 is 0.371 bits per heavy atom. The number of unbranched alkanes of at least 4 members (excludes halogenated alkanes) is 2. The van der Waals surface area contributed by atoms with Gasteiger partial charge >= 0.3 is 0 Å². The zero-order valence-corrected chi connectivity index (χ0v) is 19.6. The number of ether oxygens (including phenoxy) is 4. The zero-order chi connectivity index (χ0) is 24.3. The Balaban J connectivity index is 1.08. The van der Waals surface area contributed by atoms with Crippen LogP contribution in [0.25, 0.3) is 0 Å². The first-order valence-corrected chi connectivity index (χ1v) is 11.7. The molecular formula is C29H30N2O4. The molecule has 0 amide bonds. The summed E-state index contributed by atoms with van der Waals surface area (Å²) in [6.07, 6.45) is 2.94. The van der Waals surface area contributed by atoms with Crippen molar-refractivity contribution in [3.05, 3.63) is 97.1 Å². The molecule has 0 radical (unpaired) electrons. The van der Waals surface area contributed by atoms with Gasteiger partial charge in [0, 0.05) is 11.4 Å². The van der Waals surface area contributed by atoms with E-state index in [1.165, 1.54) is 0 Å². The SMILES string of the molecule is Nc1ccc(Oc2ccc(OCCCCCOc3ccc(Oc4ccc(N)cc4)cc3)cc2)cc1. The quantitative estimate of drug-likeness (QED) is 0.170. The van der Waals surface area contributed by atoms with Crippen molar-refractivity contribution in [3.8, 4) is 34.5 Å². The zero-order valence-electron chi connectivity index (χ0n) is 19.6. The van der Waals surface area contributed by atoms with Gasteiger partial charge < -0.3 is 30.4 Å². The van der Waals surface area contributed by atoms with Crippen molar-refractivity contribution < 1.29 is 18.9 Å². The number of hydrogen-bond acceptors (Lipinski definition) is 6. The first kappa shape index (κ1) is 23.8. The smallest absolute Gasteiger partial charge is 0.127 e. The molecule has 4 N–H and O–H groups in total. The molecule has 4 rings (SSSR count). The van der Waals surface area contributed by atoms with Crippen LogP contribution in [-0.4, -0.2) is 13.2 Å². The van der Waals surface area contributed by atoms with E-state index in [-0.39, 0.29) is 0 Å². The molecule has 0 spiro atoms. The standard InChI is InChI=1S/C29H30N2O4/c30-22-4-8-26(9-5-22)34-28-16-12-24(13-17-28)32-20-2-1-3-21-33-25-14-18-29(19-15-25)35-27-10-6-23(31)7-11-27/h4-19H,1-3,20-21,30-31H2. The Morgan fingerprint density at radius 3 is 1.00 bits per heavy atom. The van der Waals surface area contributed by atoms with Crippen molar-refractivity contribution in [2.24, 2.45) is 0 Å². The average Bonchev–Trinajstić information content (AvgIpc) is 2.88. The molecule has 0 fully saturated rings. The molecule has 0 bridgehead atoms. The Hall–Kier alpha value is -4.32. The van der Waals surface area contributed by atoms with E-state index in [2.05, 4.69) is 0 Å². The third-order valence-electron chi connectivity index (χ3n) is 5.21. The van der Waals surface area contributed by atoms with Crippen molar-refractivity contribution in [2.45, 2.75) is 19.3 Å². The largest absolute Gasteiger partial charge is 0.494 e. The predicted octanol–water partition coefficient (Wildman–Crippen LogP) is 7.06. The van der Waals surface area contributed by atoms with Gasteiger partial charge in [-0.25, -0.2) is 0 Å². The molecule has 180 valence electrons. The second kappa shape index (κ2) is 12.2. The van der Waals surface area contributed by atoms with Gasteiger partial charge in [0.1, 0.15) is 34.5 Å². The minimum Gasteiger partial charge on any atom is -0.494 e. The number of nitrogen functional groups attached to an aromatic ring is 2. The molecule has 0 unspecified atom stereocenters. The second-order valence-electron chi connectivity index (χ2n) is 8.04. The van der Waals surface area contributed by atoms with Gasteiger partial charge in [0.2, 0.25) is 0 Å². The van der Waals surface area contributed by atoms with Crippen molar-refractivity contribution in [2.75, 3.05) is 24.7 Å². The monoisotopic (exact) mass is 470 g/mol. The number of hydrogen-bond donors (Lipinski definition) is 2. The van der Waals surface area contributed by atoms with E-state index in [0.29, 0.717) is 24.6 Å². The van der Waals surface area contributed by atoms with Gasteiger partial charge in [-0.05, 0) is 116 Å². The fraction of sp³-hybridized carbons (Fsp3) is 0.172. The second-order valence-corrected chi connectivity index (χ2v) is 8.04. The van der Waals surface area contributed by atoms with Crippen LogP contribution in [-0.2, 0) is 0 Å². The summed E-state index contributed by atoms with van der Waals surface area (Å²) in [6.45, 7) is 1.32. The lowest BCUT2D eigenvalue weighted by atomic mass is 10.2. The van der Waals surface area contributed by atoms with Crippen LogP contribution in [0.3, 0.4) is 0 Å². The Labute approximate surface area is 206 Å². The van der Waals surface area contributed by atoms with Crippen molar-refractivity contribution in [3.63, 3.8) is 0 Å². The molecule has 0 saturated heterocycles. The van der Waals surface area contributed by atoms with Gasteiger partial charge in [-0.2, -0.15) is 0 Å². The van der Waals surface area contributed by atoms with Crippen LogP contribution in [0.5, 0.6) is 34.5 Å². The number of anilines is 2. The molecule has 4 aromatic carbocycles. The normalized spacial score (nSPS) is 10.5. The lowest BCUT2D eigenvalue weighted by Crippen LogP contribution is -2.01. The maximum absolute atomic E-state index is 5.83. The third-order valence-corrected chi connectivity index (χ3v) is 5.21. The van der Waals surface area contributed by atoms with Gasteiger partial charge in [0.25, 0.3) is 0 Å². The minimum absolute atomic E-state index is 0.662. The fourth-order valence-corrected chi connectivity index (χ4v) is 3.31. The molecule has 35 heavy (non-hydrogen) atoms. The first-order valence-electron chi connectivity index (χ1n) is 11.7. The maximum atomic E-state index is 5.83. The first-order chi connectivity index (χ1) is 17.1. The van der Waals surface area contributed by atoms with Crippen LogP contribution in [0, 0.1) is 0 Å². The number of nitrogens with two attached hydrogens (primary N) is 2. The summed E-state index contributed by atoms with van der Waals surface area (Å²) >= 11 is 0. The van der Waals surface area contributed by atoms with E-state index in [1.54, 1.807) is 0 Å². The van der Waals surface area contributed by atoms with Gasteiger partial charge in [-0.3, -0.25) is 0 Å². The van der Waals surface area contributed by atoms with Crippen molar-refractivity contribution in [1.29, 1.82) is 0 Å². The van der Waals surface area contributed by atoms with Crippen LogP contribution >= 0.6 is 0 Å². The molecule has 0 atom stereocenters. The number of rotatable bonds is 12. The molecule has 0 heterocycles. The van der Waals surface area contributed by atoms with Crippen molar-refractivity contribution in [1.82, 2.24) is 0 Å². The molecule has 0 saturated carbocycles. The summed E-state index contributed by atoms with van der Waals surface area (Å²) in [4.78, 5) is 0. The van der Waals surface area contributed by atoms with Crippen LogP contribution in [0.1, 0.15) is 19.3 Å². The number of benzene rings is 4. The van der Waals surface area contributed by atoms with Gasteiger partial charge in [-0.1, -0.05) is 0 Å². The Bertz CT molecular complexity index is 1060.